The summed E-state index contributed by atoms with van der Waals surface area (Å²) in [5.74, 6) is 3.58. The standard InChI is InChI=1S/C24H39NSi/c1-19(2)25(20(3)4)17-15-23(22-13-11-21(5)12-14-22)16-18-26(9,10)24(6,7)8/h11-15,19-20H,17H2,1-10H3/b23-15-. The molecule has 0 saturated carbocycles. The van der Waals surface area contributed by atoms with Crippen molar-refractivity contribution in [2.45, 2.75) is 85.6 Å². The van der Waals surface area contributed by atoms with E-state index in [0.29, 0.717) is 12.1 Å². The minimum absolute atomic E-state index is 0.278. The molecule has 1 nitrogen and oxygen atoms in total. The number of nitrogens with zero attached hydrogens (tertiary/aromatic N) is 1. The third kappa shape index (κ3) is 6.45. The van der Waals surface area contributed by atoms with Crippen molar-refractivity contribution in [3.63, 3.8) is 0 Å². The quantitative estimate of drug-likeness (QED) is 0.420. The van der Waals surface area contributed by atoms with Crippen LogP contribution in [0, 0.1) is 18.4 Å². The van der Waals surface area contributed by atoms with E-state index in [4.69, 9.17) is 0 Å². The summed E-state index contributed by atoms with van der Waals surface area (Å²) in [6.45, 7) is 23.8. The van der Waals surface area contributed by atoms with E-state index in [2.05, 4.69) is 115 Å². The van der Waals surface area contributed by atoms with Gasteiger partial charge in [0.25, 0.3) is 0 Å². The Bertz CT molecular complexity index is 653. The van der Waals surface area contributed by atoms with Crippen LogP contribution in [-0.4, -0.2) is 31.6 Å². The number of allylic oxidation sites excluding steroid dienone is 1. The molecule has 1 aromatic carbocycles. The van der Waals surface area contributed by atoms with Gasteiger partial charge in [-0.25, -0.2) is 0 Å². The van der Waals surface area contributed by atoms with Gasteiger partial charge in [0.2, 0.25) is 0 Å². The molecular weight excluding hydrogens is 330 g/mol. The first-order chi connectivity index (χ1) is 11.8. The molecule has 0 aliphatic rings. The lowest BCUT2D eigenvalue weighted by Gasteiger charge is -2.31. The Balaban J connectivity index is 3.28. The van der Waals surface area contributed by atoms with Gasteiger partial charge in [0.1, 0.15) is 8.07 Å². The minimum Gasteiger partial charge on any atom is -0.295 e. The first-order valence-electron chi connectivity index (χ1n) is 9.91. The largest absolute Gasteiger partial charge is 0.295 e. The van der Waals surface area contributed by atoms with Gasteiger partial charge in [-0.2, -0.15) is 0 Å². The molecule has 0 amide bonds. The molecule has 0 radical (unpaired) electrons. The van der Waals surface area contributed by atoms with Crippen LogP contribution in [0.25, 0.3) is 5.57 Å². The lowest BCUT2D eigenvalue weighted by Crippen LogP contribution is -2.37. The fraction of sp³-hybridized carbons (Fsp3) is 0.583. The Morgan fingerprint density at radius 3 is 1.96 bits per heavy atom. The van der Waals surface area contributed by atoms with Gasteiger partial charge >= 0.3 is 0 Å². The molecule has 0 aliphatic heterocycles. The predicted molar refractivity (Wildman–Crippen MR) is 121 cm³/mol. The molecule has 1 rings (SSSR count). The zero-order chi connectivity index (χ0) is 20.1. The van der Waals surface area contributed by atoms with Crippen LogP contribution in [0.3, 0.4) is 0 Å². The highest BCUT2D eigenvalue weighted by Gasteiger charge is 2.33. The molecule has 144 valence electrons. The summed E-state index contributed by atoms with van der Waals surface area (Å²) in [5, 5.41) is 0.278. The third-order valence-electron chi connectivity index (χ3n) is 5.58. The summed E-state index contributed by atoms with van der Waals surface area (Å²) < 4.78 is 0. The molecule has 1 aromatic rings. The molecule has 0 fully saturated rings. The van der Waals surface area contributed by atoms with Gasteiger partial charge in [0, 0.05) is 24.2 Å². The Kier molecular flexibility index (Phi) is 7.93. The third-order valence-corrected chi connectivity index (χ3v) is 10.1. The number of hydrogen-bond donors (Lipinski definition) is 0. The molecular formula is C24H39NSi. The molecule has 0 unspecified atom stereocenters. The lowest BCUT2D eigenvalue weighted by molar-refractivity contribution is 0.196. The average molecular weight is 370 g/mol. The topological polar surface area (TPSA) is 3.24 Å². The first-order valence-corrected chi connectivity index (χ1v) is 12.9. The van der Waals surface area contributed by atoms with Crippen molar-refractivity contribution in [2.24, 2.45) is 0 Å². The lowest BCUT2D eigenvalue weighted by atomic mass is 10.0. The van der Waals surface area contributed by atoms with Crippen LogP contribution in [0.2, 0.25) is 18.1 Å². The Morgan fingerprint density at radius 2 is 1.54 bits per heavy atom. The zero-order valence-corrected chi connectivity index (χ0v) is 19.7. The minimum atomic E-state index is -1.63. The van der Waals surface area contributed by atoms with Crippen molar-refractivity contribution in [1.82, 2.24) is 4.90 Å². The van der Waals surface area contributed by atoms with Crippen LogP contribution in [0.4, 0.5) is 0 Å². The van der Waals surface area contributed by atoms with Crippen LogP contribution in [0.1, 0.15) is 59.6 Å². The second kappa shape index (κ2) is 9.06. The number of hydrogen-bond acceptors (Lipinski definition) is 1. The molecule has 0 saturated heterocycles. The molecule has 0 aliphatic carbocycles. The number of rotatable bonds is 5. The van der Waals surface area contributed by atoms with Gasteiger partial charge in [-0.3, -0.25) is 4.90 Å². The van der Waals surface area contributed by atoms with E-state index in [1.54, 1.807) is 0 Å². The van der Waals surface area contributed by atoms with Crippen LogP contribution in [0.15, 0.2) is 30.3 Å². The van der Waals surface area contributed by atoms with Gasteiger partial charge in [-0.1, -0.05) is 75.7 Å². The van der Waals surface area contributed by atoms with E-state index in [0.717, 1.165) is 6.54 Å². The summed E-state index contributed by atoms with van der Waals surface area (Å²) in [6.07, 6.45) is 2.32. The van der Waals surface area contributed by atoms with E-state index >= 15 is 0 Å². The van der Waals surface area contributed by atoms with Crippen LogP contribution in [0.5, 0.6) is 0 Å². The van der Waals surface area contributed by atoms with E-state index in [9.17, 15) is 0 Å². The van der Waals surface area contributed by atoms with Gasteiger partial charge in [-0.05, 0) is 45.2 Å². The van der Waals surface area contributed by atoms with Gasteiger partial charge in [0.15, 0.2) is 0 Å². The molecule has 0 spiro atoms. The second-order valence-corrected chi connectivity index (χ2v) is 14.5. The molecule has 0 heterocycles. The smallest absolute Gasteiger partial charge is 0.138 e. The van der Waals surface area contributed by atoms with Gasteiger partial charge < -0.3 is 0 Å². The summed E-state index contributed by atoms with van der Waals surface area (Å²) >= 11 is 0. The summed E-state index contributed by atoms with van der Waals surface area (Å²) in [7, 11) is -1.63. The van der Waals surface area contributed by atoms with Crippen molar-refractivity contribution < 1.29 is 0 Å². The van der Waals surface area contributed by atoms with Crippen molar-refractivity contribution in [2.75, 3.05) is 6.54 Å². The second-order valence-electron chi connectivity index (χ2n) is 9.49. The van der Waals surface area contributed by atoms with Crippen molar-refractivity contribution in [3.05, 3.63) is 41.5 Å². The summed E-state index contributed by atoms with van der Waals surface area (Å²) in [6, 6.07) is 9.82. The molecule has 0 atom stereocenters. The van der Waals surface area contributed by atoms with Crippen LogP contribution in [-0.2, 0) is 0 Å². The summed E-state index contributed by atoms with van der Waals surface area (Å²) in [4.78, 5) is 2.50. The Labute approximate surface area is 163 Å². The van der Waals surface area contributed by atoms with Crippen LogP contribution >= 0.6 is 0 Å². The normalized spacial score (nSPS) is 13.3. The van der Waals surface area contributed by atoms with E-state index in [1.807, 2.05) is 0 Å². The molecule has 0 N–H and O–H groups in total. The maximum Gasteiger partial charge on any atom is 0.138 e. The number of benzene rings is 1. The van der Waals surface area contributed by atoms with E-state index < -0.39 is 8.07 Å². The molecule has 0 bridgehead atoms. The highest BCUT2D eigenvalue weighted by Crippen LogP contribution is 2.35. The fourth-order valence-electron chi connectivity index (χ4n) is 2.60. The van der Waals surface area contributed by atoms with Gasteiger partial charge in [0.05, 0.1) is 0 Å². The summed E-state index contributed by atoms with van der Waals surface area (Å²) in [5.41, 5.74) is 7.38. The number of aryl methyl sites for hydroxylation is 1. The molecule has 2 heteroatoms. The van der Waals surface area contributed by atoms with E-state index in [1.165, 1.54) is 16.7 Å². The Morgan fingerprint density at radius 1 is 1.04 bits per heavy atom. The van der Waals surface area contributed by atoms with Crippen molar-refractivity contribution in [3.8, 4) is 11.5 Å². The monoisotopic (exact) mass is 369 g/mol. The van der Waals surface area contributed by atoms with Crippen molar-refractivity contribution in [1.29, 1.82) is 0 Å². The highest BCUT2D eigenvalue weighted by atomic mass is 28.3. The maximum absolute atomic E-state index is 3.70. The van der Waals surface area contributed by atoms with Crippen LogP contribution < -0.4 is 0 Å². The molecule has 0 aromatic heterocycles. The Hall–Kier alpha value is -1.30. The van der Waals surface area contributed by atoms with Crippen molar-refractivity contribution >= 4 is 13.6 Å². The maximum atomic E-state index is 3.70. The zero-order valence-electron chi connectivity index (χ0n) is 18.7. The van der Waals surface area contributed by atoms with Gasteiger partial charge in [-0.15, -0.1) is 5.54 Å². The van der Waals surface area contributed by atoms with E-state index in [-0.39, 0.29) is 5.04 Å². The first kappa shape index (κ1) is 22.7. The highest BCUT2D eigenvalue weighted by molar-refractivity contribution is 6.87. The fourth-order valence-corrected chi connectivity index (χ4v) is 3.42. The predicted octanol–water partition coefficient (Wildman–Crippen LogP) is 6.55. The molecule has 26 heavy (non-hydrogen) atoms. The average Bonchev–Trinajstić information content (AvgIpc) is 2.49. The SMILES string of the molecule is Cc1ccc(/C(C#C[Si](C)(C)C(C)(C)C)=C\CN(C(C)C)C(C)C)cc1.